The smallest absolute Gasteiger partial charge is 0.413 e. The summed E-state index contributed by atoms with van der Waals surface area (Å²) in [4.78, 5) is 42.4. The van der Waals surface area contributed by atoms with Crippen LogP contribution in [0.1, 0.15) is 29.3 Å². The van der Waals surface area contributed by atoms with Gasteiger partial charge in [0.15, 0.2) is 0 Å². The van der Waals surface area contributed by atoms with Gasteiger partial charge in [-0.2, -0.15) is 0 Å². The van der Waals surface area contributed by atoms with Crippen molar-refractivity contribution in [1.82, 2.24) is 0 Å². The third kappa shape index (κ3) is 4.82. The molecule has 8 heteroatoms. The molecule has 0 aliphatic carbocycles. The molecule has 34 heavy (non-hydrogen) atoms. The first-order valence-electron chi connectivity index (χ1n) is 11.0. The highest BCUT2D eigenvalue weighted by molar-refractivity contribution is 7.10. The van der Waals surface area contributed by atoms with Crippen molar-refractivity contribution in [3.8, 4) is 0 Å². The number of aryl methyl sites for hydroxylation is 1. The monoisotopic (exact) mass is 477 g/mol. The van der Waals surface area contributed by atoms with E-state index in [4.69, 9.17) is 4.74 Å². The average molecular weight is 478 g/mol. The van der Waals surface area contributed by atoms with Gasteiger partial charge in [0, 0.05) is 35.4 Å². The number of anilines is 3. The van der Waals surface area contributed by atoms with Crippen molar-refractivity contribution >= 4 is 46.3 Å². The van der Waals surface area contributed by atoms with E-state index in [1.165, 1.54) is 12.0 Å². The van der Waals surface area contributed by atoms with Gasteiger partial charge in [0.25, 0.3) is 0 Å². The van der Waals surface area contributed by atoms with Crippen LogP contribution in [0.2, 0.25) is 0 Å². The first kappa shape index (κ1) is 23.5. The Balaban J connectivity index is 1.59. The van der Waals surface area contributed by atoms with Gasteiger partial charge in [0.2, 0.25) is 11.8 Å². The zero-order chi connectivity index (χ0) is 24.2. The lowest BCUT2D eigenvalue weighted by atomic mass is 9.86. The number of piperidine rings is 1. The van der Waals surface area contributed by atoms with E-state index in [9.17, 15) is 14.4 Å². The van der Waals surface area contributed by atoms with E-state index >= 15 is 0 Å². The summed E-state index contributed by atoms with van der Waals surface area (Å²) >= 11 is 1.55. The molecule has 1 aliphatic heterocycles. The van der Waals surface area contributed by atoms with Crippen LogP contribution in [0.15, 0.2) is 66.0 Å². The summed E-state index contributed by atoms with van der Waals surface area (Å²) in [7, 11) is 2.94. The highest BCUT2D eigenvalue weighted by atomic mass is 32.1. The number of carbonyl (C=O) groups excluding carboxylic acids is 3. The molecule has 176 valence electrons. The summed E-state index contributed by atoms with van der Waals surface area (Å²) in [6.07, 6.45) is 0.300. The van der Waals surface area contributed by atoms with Gasteiger partial charge >= 0.3 is 6.09 Å². The summed E-state index contributed by atoms with van der Waals surface area (Å²) < 4.78 is 4.74. The number of nitrogens with zero attached hydrogens (tertiary/aromatic N) is 2. The fraction of sp³-hybridized carbons (Fsp3) is 0.269. The molecule has 7 nitrogen and oxygen atoms in total. The van der Waals surface area contributed by atoms with E-state index in [1.54, 1.807) is 47.5 Å². The van der Waals surface area contributed by atoms with Crippen LogP contribution in [0.5, 0.6) is 0 Å². The number of ether oxygens (including phenoxy) is 1. The lowest BCUT2D eigenvalue weighted by molar-refractivity contribution is -0.125. The van der Waals surface area contributed by atoms with Crippen molar-refractivity contribution in [1.29, 1.82) is 0 Å². The van der Waals surface area contributed by atoms with E-state index in [2.05, 4.69) is 5.32 Å². The maximum atomic E-state index is 13.5. The molecule has 2 aromatic carbocycles. The van der Waals surface area contributed by atoms with E-state index in [1.807, 2.05) is 48.7 Å². The molecule has 1 N–H and O–H groups in total. The average Bonchev–Trinajstić information content (AvgIpc) is 3.38. The van der Waals surface area contributed by atoms with Gasteiger partial charge in [0.05, 0.1) is 19.1 Å². The Bertz CT molecular complexity index is 1160. The van der Waals surface area contributed by atoms with Crippen molar-refractivity contribution in [2.75, 3.05) is 29.3 Å². The lowest BCUT2D eigenvalue weighted by Gasteiger charge is -2.40. The predicted molar refractivity (Wildman–Crippen MR) is 134 cm³/mol. The molecule has 2 unspecified atom stereocenters. The van der Waals surface area contributed by atoms with Gasteiger partial charge in [-0.1, -0.05) is 23.8 Å². The molecule has 0 radical (unpaired) electrons. The van der Waals surface area contributed by atoms with Crippen LogP contribution in [-0.4, -0.2) is 32.1 Å². The second kappa shape index (κ2) is 10.1. The molecule has 1 fully saturated rings. The Labute approximate surface area is 202 Å². The van der Waals surface area contributed by atoms with Crippen LogP contribution in [0.25, 0.3) is 0 Å². The fourth-order valence-electron chi connectivity index (χ4n) is 4.21. The summed E-state index contributed by atoms with van der Waals surface area (Å²) in [6, 6.07) is 18.3. The highest BCUT2D eigenvalue weighted by Gasteiger charge is 2.42. The minimum absolute atomic E-state index is 0.0153. The number of nitrogens with one attached hydrogen (secondary N) is 1. The van der Waals surface area contributed by atoms with Gasteiger partial charge < -0.3 is 15.0 Å². The lowest BCUT2D eigenvalue weighted by Crippen LogP contribution is -2.46. The number of hydrogen-bond donors (Lipinski definition) is 1. The van der Waals surface area contributed by atoms with Gasteiger partial charge in [-0.25, -0.2) is 4.79 Å². The van der Waals surface area contributed by atoms with Gasteiger partial charge in [-0.15, -0.1) is 11.3 Å². The molecule has 3 amide bonds. The third-order valence-corrected chi connectivity index (χ3v) is 6.99. The maximum Gasteiger partial charge on any atom is 0.413 e. The Morgan fingerprint density at radius 2 is 1.79 bits per heavy atom. The maximum absolute atomic E-state index is 13.5. The standard InChI is InChI=1S/C26H27N3O4S/c1-17-6-10-20(11-7-17)29-23(30)15-14-21(24(29)22-5-4-16-34-22)25(31)27-18-8-12-19(13-9-18)28(2)26(32)33-3/h4-13,16,21,24H,14-15H2,1-3H3,(H,27,31). The molecule has 1 aliphatic rings. The number of methoxy groups -OCH3 is 1. The van der Waals surface area contributed by atoms with Gasteiger partial charge in [-0.3, -0.25) is 14.5 Å². The number of thiophene rings is 1. The summed E-state index contributed by atoms with van der Waals surface area (Å²) in [5.41, 5.74) is 3.17. The first-order valence-corrected chi connectivity index (χ1v) is 11.9. The zero-order valence-corrected chi connectivity index (χ0v) is 20.2. The number of amides is 3. The predicted octanol–water partition coefficient (Wildman–Crippen LogP) is 5.38. The molecule has 1 aromatic heterocycles. The van der Waals surface area contributed by atoms with Crippen LogP contribution in [-0.2, 0) is 14.3 Å². The fourth-order valence-corrected chi connectivity index (χ4v) is 5.09. The van der Waals surface area contributed by atoms with E-state index < -0.39 is 12.0 Å². The second-order valence-corrected chi connectivity index (χ2v) is 9.25. The SMILES string of the molecule is COC(=O)N(C)c1ccc(NC(=O)C2CCC(=O)N(c3ccc(C)cc3)C2c2cccs2)cc1. The summed E-state index contributed by atoms with van der Waals surface area (Å²) in [5, 5.41) is 4.97. The number of carbonyl (C=O) groups is 3. The molecule has 0 bridgehead atoms. The van der Waals surface area contributed by atoms with Crippen LogP contribution in [0, 0.1) is 12.8 Å². The number of benzene rings is 2. The molecule has 0 saturated carbocycles. The Kier molecular flexibility index (Phi) is 6.98. The van der Waals surface area contributed by atoms with E-state index in [0.29, 0.717) is 24.2 Å². The van der Waals surface area contributed by atoms with E-state index in [-0.39, 0.29) is 17.9 Å². The van der Waals surface area contributed by atoms with Crippen molar-refractivity contribution in [3.63, 3.8) is 0 Å². The van der Waals surface area contributed by atoms with Crippen molar-refractivity contribution in [2.45, 2.75) is 25.8 Å². The Morgan fingerprint density at radius 3 is 2.41 bits per heavy atom. The molecule has 2 heterocycles. The second-order valence-electron chi connectivity index (χ2n) is 8.27. The van der Waals surface area contributed by atoms with Crippen LogP contribution < -0.4 is 15.1 Å². The van der Waals surface area contributed by atoms with Crippen LogP contribution in [0.3, 0.4) is 0 Å². The first-order chi connectivity index (χ1) is 16.4. The van der Waals surface area contributed by atoms with Gasteiger partial charge in [0.1, 0.15) is 0 Å². The van der Waals surface area contributed by atoms with Crippen LogP contribution in [0.4, 0.5) is 21.9 Å². The molecule has 2 atom stereocenters. The largest absolute Gasteiger partial charge is 0.452 e. The zero-order valence-electron chi connectivity index (χ0n) is 19.4. The molecule has 0 spiro atoms. The van der Waals surface area contributed by atoms with Crippen LogP contribution >= 0.6 is 11.3 Å². The Morgan fingerprint density at radius 1 is 1.09 bits per heavy atom. The van der Waals surface area contributed by atoms with Gasteiger partial charge in [-0.05, 0) is 61.2 Å². The topological polar surface area (TPSA) is 79.0 Å². The minimum atomic E-state index is -0.473. The highest BCUT2D eigenvalue weighted by Crippen LogP contribution is 2.42. The summed E-state index contributed by atoms with van der Waals surface area (Å²) in [6.45, 7) is 2.00. The number of rotatable bonds is 5. The molecular weight excluding hydrogens is 450 g/mol. The molecule has 4 rings (SSSR count). The van der Waals surface area contributed by atoms with Crippen molar-refractivity contribution in [2.24, 2.45) is 5.92 Å². The molecule has 1 saturated heterocycles. The number of hydrogen-bond acceptors (Lipinski definition) is 5. The minimum Gasteiger partial charge on any atom is -0.452 e. The molecular formula is C26H27N3O4S. The van der Waals surface area contributed by atoms with E-state index in [0.717, 1.165) is 16.1 Å². The Hall–Kier alpha value is -3.65. The van der Waals surface area contributed by atoms with Crippen molar-refractivity contribution < 1.29 is 19.1 Å². The molecule has 3 aromatic rings. The third-order valence-electron chi connectivity index (χ3n) is 6.05. The summed E-state index contributed by atoms with van der Waals surface area (Å²) in [5.74, 6) is -0.534. The quantitative estimate of drug-likeness (QED) is 0.535. The normalized spacial score (nSPS) is 17.9. The van der Waals surface area contributed by atoms with Crippen molar-refractivity contribution in [3.05, 3.63) is 76.5 Å².